The molecule has 0 atom stereocenters. The van der Waals surface area contributed by atoms with Gasteiger partial charge in [0.25, 0.3) is 11.5 Å². The number of fused-ring (bicyclic) bond motifs is 1. The number of nitrogens with one attached hydrogen (secondary N) is 1. The average Bonchev–Trinajstić information content (AvgIpc) is 3.23. The molecule has 2 aromatic heterocycles. The minimum atomic E-state index is -0.628. The van der Waals surface area contributed by atoms with Gasteiger partial charge in [0.2, 0.25) is 0 Å². The Kier molecular flexibility index (Phi) is 5.18. The van der Waals surface area contributed by atoms with Crippen LogP contribution < -0.4 is 11.3 Å². The van der Waals surface area contributed by atoms with Gasteiger partial charge in [-0.2, -0.15) is 9.78 Å². The van der Waals surface area contributed by atoms with Gasteiger partial charge in [-0.05, 0) is 41.3 Å². The Morgan fingerprint density at radius 1 is 1.22 bits per heavy atom. The molecule has 0 radical (unpaired) electrons. The molecule has 0 aliphatic rings. The van der Waals surface area contributed by atoms with E-state index >= 15 is 0 Å². The zero-order valence-corrected chi connectivity index (χ0v) is 17.9. The fourth-order valence-electron chi connectivity index (χ4n) is 3.73. The monoisotopic (exact) mass is 434 g/mol. The number of carbonyl (C=O) groups excluding carboxylic acids is 1. The first-order chi connectivity index (χ1) is 15.1. The lowest BCUT2D eigenvalue weighted by Gasteiger charge is -2.20. The molecule has 0 aliphatic carbocycles. The van der Waals surface area contributed by atoms with Crippen LogP contribution in [0.4, 0.5) is 4.39 Å². The lowest BCUT2D eigenvalue weighted by molar-refractivity contribution is 0.0996. The van der Waals surface area contributed by atoms with Crippen LogP contribution in [0.1, 0.15) is 42.4 Å². The number of aliphatic hydroxyl groups is 1. The van der Waals surface area contributed by atoms with Crippen LogP contribution in [-0.2, 0) is 12.0 Å². The third kappa shape index (κ3) is 3.58. The number of nitrogens with two attached hydrogens (primary N) is 1. The van der Waals surface area contributed by atoms with Crippen LogP contribution in [-0.4, -0.2) is 25.8 Å². The molecule has 164 valence electrons. The van der Waals surface area contributed by atoms with E-state index in [2.05, 4.69) is 10.1 Å². The highest BCUT2D eigenvalue weighted by molar-refractivity contribution is 5.92. The van der Waals surface area contributed by atoms with Crippen LogP contribution in [0.15, 0.2) is 53.5 Å². The first-order valence-corrected chi connectivity index (χ1v) is 10.1. The Balaban J connectivity index is 1.93. The molecular formula is C24H23FN4O3. The Labute approximate surface area is 183 Å². The van der Waals surface area contributed by atoms with Gasteiger partial charge >= 0.3 is 0 Å². The number of benzene rings is 2. The number of rotatable bonds is 4. The smallest absolute Gasteiger partial charge is 0.282 e. The van der Waals surface area contributed by atoms with Gasteiger partial charge < -0.3 is 15.8 Å². The molecule has 0 aliphatic heterocycles. The topological polar surface area (TPSA) is 114 Å². The number of aromatic amines is 1. The summed E-state index contributed by atoms with van der Waals surface area (Å²) in [7, 11) is 0. The van der Waals surface area contributed by atoms with E-state index in [4.69, 9.17) is 5.73 Å². The lowest BCUT2D eigenvalue weighted by atomic mass is 9.86. The van der Waals surface area contributed by atoms with Crippen molar-refractivity contribution in [3.05, 3.63) is 81.7 Å². The third-order valence-corrected chi connectivity index (χ3v) is 5.48. The molecule has 0 saturated carbocycles. The highest BCUT2D eigenvalue weighted by Gasteiger charge is 2.20. The first kappa shape index (κ1) is 21.5. The number of primary amides is 1. The number of hydrogen-bond acceptors (Lipinski definition) is 4. The molecule has 0 spiro atoms. The van der Waals surface area contributed by atoms with Gasteiger partial charge in [-0.15, -0.1) is 0 Å². The maximum atomic E-state index is 15.0. The van der Waals surface area contributed by atoms with Crippen molar-refractivity contribution in [1.29, 1.82) is 0 Å². The van der Waals surface area contributed by atoms with Crippen molar-refractivity contribution in [1.82, 2.24) is 14.8 Å². The van der Waals surface area contributed by atoms with Gasteiger partial charge in [-0.1, -0.05) is 32.9 Å². The van der Waals surface area contributed by atoms with E-state index in [1.807, 2.05) is 20.8 Å². The highest BCUT2D eigenvalue weighted by Crippen LogP contribution is 2.29. The summed E-state index contributed by atoms with van der Waals surface area (Å²) in [4.78, 5) is 27.6. The number of amides is 1. The molecule has 0 bridgehead atoms. The van der Waals surface area contributed by atoms with Crippen molar-refractivity contribution in [2.24, 2.45) is 5.73 Å². The maximum Gasteiger partial charge on any atom is 0.282 e. The molecule has 0 saturated heterocycles. The molecular weight excluding hydrogens is 411 g/mol. The number of carbonyl (C=O) groups is 1. The van der Waals surface area contributed by atoms with Crippen molar-refractivity contribution in [2.45, 2.75) is 32.8 Å². The van der Waals surface area contributed by atoms with Crippen LogP contribution in [0.3, 0.4) is 0 Å². The molecule has 0 unspecified atom stereocenters. The predicted molar refractivity (Wildman–Crippen MR) is 120 cm³/mol. The SMILES string of the molecule is CC(C)(C)c1cc(F)c2c(=O)n(-c3cccc(-c4ccc(C(N)=O)[nH]4)c3CO)ncc2c1. The van der Waals surface area contributed by atoms with E-state index in [0.717, 1.165) is 10.2 Å². The number of nitrogens with zero attached hydrogens (tertiary/aromatic N) is 2. The van der Waals surface area contributed by atoms with Gasteiger partial charge in [-0.3, -0.25) is 9.59 Å². The van der Waals surface area contributed by atoms with E-state index in [9.17, 15) is 19.1 Å². The van der Waals surface area contributed by atoms with Crippen molar-refractivity contribution >= 4 is 16.7 Å². The number of aliphatic hydroxyl groups excluding tert-OH is 1. The molecule has 2 aromatic carbocycles. The summed E-state index contributed by atoms with van der Waals surface area (Å²) in [5.74, 6) is -1.23. The van der Waals surface area contributed by atoms with E-state index in [1.165, 1.54) is 18.3 Å². The molecule has 7 nitrogen and oxygen atoms in total. The first-order valence-electron chi connectivity index (χ1n) is 10.1. The minimum absolute atomic E-state index is 0.0711. The van der Waals surface area contributed by atoms with E-state index < -0.39 is 23.9 Å². The summed E-state index contributed by atoms with van der Waals surface area (Å²) in [6.45, 7) is 5.48. The number of hydrogen-bond donors (Lipinski definition) is 3. The van der Waals surface area contributed by atoms with Crippen LogP contribution in [0.5, 0.6) is 0 Å². The summed E-state index contributed by atoms with van der Waals surface area (Å²) < 4.78 is 16.1. The average molecular weight is 434 g/mol. The van der Waals surface area contributed by atoms with Crippen molar-refractivity contribution in [2.75, 3.05) is 0 Å². The summed E-state index contributed by atoms with van der Waals surface area (Å²) in [6, 6.07) is 11.4. The Morgan fingerprint density at radius 3 is 2.59 bits per heavy atom. The zero-order valence-electron chi connectivity index (χ0n) is 17.9. The van der Waals surface area contributed by atoms with Crippen molar-refractivity contribution in [3.63, 3.8) is 0 Å². The van der Waals surface area contributed by atoms with E-state index in [-0.39, 0.29) is 16.5 Å². The van der Waals surface area contributed by atoms with Crippen molar-refractivity contribution < 1.29 is 14.3 Å². The maximum absolute atomic E-state index is 15.0. The molecule has 0 fully saturated rings. The van der Waals surface area contributed by atoms with Gasteiger partial charge in [0, 0.05) is 22.2 Å². The van der Waals surface area contributed by atoms with Crippen LogP contribution in [0, 0.1) is 5.82 Å². The second-order valence-electron chi connectivity index (χ2n) is 8.65. The van der Waals surface area contributed by atoms with Crippen LogP contribution in [0.2, 0.25) is 0 Å². The summed E-state index contributed by atoms with van der Waals surface area (Å²) in [5.41, 5.74) is 7.18. The Hall–Kier alpha value is -3.78. The molecule has 4 N–H and O–H groups in total. The summed E-state index contributed by atoms with van der Waals surface area (Å²) >= 11 is 0. The fraction of sp³-hybridized carbons (Fsp3) is 0.208. The predicted octanol–water partition coefficient (Wildman–Crippen LogP) is 3.41. The minimum Gasteiger partial charge on any atom is -0.392 e. The van der Waals surface area contributed by atoms with Gasteiger partial charge in [-0.25, -0.2) is 4.39 Å². The fourth-order valence-corrected chi connectivity index (χ4v) is 3.73. The van der Waals surface area contributed by atoms with E-state index in [1.54, 1.807) is 30.3 Å². The molecule has 1 amide bonds. The lowest BCUT2D eigenvalue weighted by Crippen LogP contribution is -2.24. The third-order valence-electron chi connectivity index (χ3n) is 5.48. The standard InChI is InChI=1S/C24H23FN4O3/c1-24(2,3)14-9-13-11-27-29(23(32)21(13)17(25)10-14)20-6-4-5-15(16(20)12-30)18-7-8-19(28-18)22(26)31/h4-11,28,30H,12H2,1-3H3,(H2,26,31). The molecule has 2 heterocycles. The zero-order chi connectivity index (χ0) is 23.2. The normalized spacial score (nSPS) is 11.8. The Bertz CT molecular complexity index is 1410. The number of H-pyrrole nitrogens is 1. The Morgan fingerprint density at radius 2 is 1.97 bits per heavy atom. The van der Waals surface area contributed by atoms with Gasteiger partial charge in [0.05, 0.1) is 23.9 Å². The molecule has 4 aromatic rings. The molecule has 4 rings (SSSR count). The second-order valence-corrected chi connectivity index (χ2v) is 8.65. The summed E-state index contributed by atoms with van der Waals surface area (Å²) in [6.07, 6.45) is 1.45. The van der Waals surface area contributed by atoms with Crippen molar-refractivity contribution in [3.8, 4) is 16.9 Å². The quantitative estimate of drug-likeness (QED) is 0.457. The molecule has 8 heteroatoms. The highest BCUT2D eigenvalue weighted by atomic mass is 19.1. The molecule has 32 heavy (non-hydrogen) atoms. The van der Waals surface area contributed by atoms with Gasteiger partial charge in [0.15, 0.2) is 0 Å². The van der Waals surface area contributed by atoms with E-state index in [0.29, 0.717) is 27.9 Å². The van der Waals surface area contributed by atoms with Gasteiger partial charge in [0.1, 0.15) is 11.5 Å². The summed E-state index contributed by atoms with van der Waals surface area (Å²) in [5, 5.41) is 14.7. The number of aromatic nitrogens is 3. The second kappa shape index (κ2) is 7.72. The number of halogens is 1. The van der Waals surface area contributed by atoms with Crippen LogP contribution in [0.25, 0.3) is 27.7 Å². The van der Waals surface area contributed by atoms with Crippen LogP contribution >= 0.6 is 0 Å². The largest absolute Gasteiger partial charge is 0.392 e.